The zero-order valence-electron chi connectivity index (χ0n) is 10.3. The Balaban J connectivity index is 2.02. The lowest BCUT2D eigenvalue weighted by Crippen LogP contribution is -1.94. The van der Waals surface area contributed by atoms with E-state index in [1.165, 1.54) is 0 Å². The van der Waals surface area contributed by atoms with Crippen molar-refractivity contribution in [3.05, 3.63) is 64.8 Å². The molecule has 0 radical (unpaired) electrons. The highest BCUT2D eigenvalue weighted by molar-refractivity contribution is 6.30. The average molecular weight is 305 g/mol. The molecule has 0 aliphatic rings. The highest BCUT2D eigenvalue weighted by Crippen LogP contribution is 2.29. The van der Waals surface area contributed by atoms with E-state index >= 15 is 0 Å². The van der Waals surface area contributed by atoms with Crippen molar-refractivity contribution < 1.29 is 5.11 Å². The first-order chi connectivity index (χ1) is 9.63. The van der Waals surface area contributed by atoms with Gasteiger partial charge >= 0.3 is 0 Å². The monoisotopic (exact) mass is 304 g/mol. The second-order valence-electron chi connectivity index (χ2n) is 4.29. The van der Waals surface area contributed by atoms with Crippen molar-refractivity contribution in [2.45, 2.75) is 0 Å². The fourth-order valence-electron chi connectivity index (χ4n) is 1.90. The molecular formula is C15H10Cl2N2O. The summed E-state index contributed by atoms with van der Waals surface area (Å²) in [4.78, 5) is 0. The third-order valence-electron chi connectivity index (χ3n) is 2.90. The molecule has 0 bridgehead atoms. The van der Waals surface area contributed by atoms with Gasteiger partial charge in [0.15, 0.2) is 5.75 Å². The van der Waals surface area contributed by atoms with Crippen LogP contribution in [0.4, 0.5) is 0 Å². The number of nitrogens with zero attached hydrogens (tertiary/aromatic N) is 2. The number of aromatic nitrogens is 2. The van der Waals surface area contributed by atoms with E-state index in [0.29, 0.717) is 15.7 Å². The molecule has 0 spiro atoms. The van der Waals surface area contributed by atoms with Crippen LogP contribution in [0.2, 0.25) is 10.0 Å². The summed E-state index contributed by atoms with van der Waals surface area (Å²) in [7, 11) is 0. The van der Waals surface area contributed by atoms with Crippen molar-refractivity contribution in [3.8, 4) is 22.7 Å². The van der Waals surface area contributed by atoms with E-state index in [4.69, 9.17) is 23.2 Å². The molecule has 1 N–H and O–H groups in total. The summed E-state index contributed by atoms with van der Waals surface area (Å²) in [5.74, 6) is 0.113. The summed E-state index contributed by atoms with van der Waals surface area (Å²) in [6.07, 6.45) is 1.56. The van der Waals surface area contributed by atoms with Gasteiger partial charge in [0.2, 0.25) is 0 Å². The Hall–Kier alpha value is -1.97. The molecule has 3 nitrogen and oxygen atoms in total. The zero-order valence-corrected chi connectivity index (χ0v) is 11.8. The standard InChI is InChI=1S/C15H10Cl2N2O/c16-11-3-1-10(2-4-11)15-14(20)9-19(18-15)13-7-5-12(17)6-8-13/h1-9,20H. The van der Waals surface area contributed by atoms with Gasteiger partial charge < -0.3 is 5.11 Å². The van der Waals surface area contributed by atoms with Gasteiger partial charge in [-0.1, -0.05) is 35.3 Å². The summed E-state index contributed by atoms with van der Waals surface area (Å²) in [6.45, 7) is 0. The lowest BCUT2D eigenvalue weighted by atomic mass is 10.1. The summed E-state index contributed by atoms with van der Waals surface area (Å²) in [6, 6.07) is 14.4. The van der Waals surface area contributed by atoms with Crippen molar-refractivity contribution in [2.24, 2.45) is 0 Å². The fraction of sp³-hybridized carbons (Fsp3) is 0. The quantitative estimate of drug-likeness (QED) is 0.754. The van der Waals surface area contributed by atoms with Crippen LogP contribution in [0.15, 0.2) is 54.7 Å². The third kappa shape index (κ3) is 2.50. The molecule has 0 aliphatic heterocycles. The van der Waals surface area contributed by atoms with Crippen LogP contribution < -0.4 is 0 Å². The van der Waals surface area contributed by atoms with Crippen LogP contribution in [0.3, 0.4) is 0 Å². The Labute approximate surface area is 126 Å². The number of aromatic hydroxyl groups is 1. The molecule has 0 amide bonds. The lowest BCUT2D eigenvalue weighted by molar-refractivity contribution is 0.477. The summed E-state index contributed by atoms with van der Waals surface area (Å²) in [5, 5.41) is 15.7. The summed E-state index contributed by atoms with van der Waals surface area (Å²) < 4.78 is 1.61. The van der Waals surface area contributed by atoms with Crippen LogP contribution >= 0.6 is 23.2 Å². The third-order valence-corrected chi connectivity index (χ3v) is 3.41. The van der Waals surface area contributed by atoms with E-state index in [2.05, 4.69) is 5.10 Å². The maximum atomic E-state index is 10.0. The minimum atomic E-state index is 0.113. The highest BCUT2D eigenvalue weighted by Gasteiger charge is 2.11. The van der Waals surface area contributed by atoms with E-state index < -0.39 is 0 Å². The second-order valence-corrected chi connectivity index (χ2v) is 5.16. The van der Waals surface area contributed by atoms with E-state index in [0.717, 1.165) is 11.3 Å². The molecule has 0 atom stereocenters. The molecular weight excluding hydrogens is 295 g/mol. The predicted octanol–water partition coefficient (Wildman–Crippen LogP) is 4.55. The first-order valence-electron chi connectivity index (χ1n) is 5.94. The van der Waals surface area contributed by atoms with Gasteiger partial charge in [-0.2, -0.15) is 5.10 Å². The van der Waals surface area contributed by atoms with Crippen LogP contribution in [0.1, 0.15) is 0 Å². The van der Waals surface area contributed by atoms with Crippen molar-refractivity contribution >= 4 is 23.2 Å². The molecule has 0 unspecified atom stereocenters. The predicted molar refractivity (Wildman–Crippen MR) is 80.7 cm³/mol. The molecule has 0 aliphatic carbocycles. The Morgan fingerprint density at radius 3 is 2.00 bits per heavy atom. The highest BCUT2D eigenvalue weighted by atomic mass is 35.5. The second kappa shape index (κ2) is 5.19. The molecule has 0 fully saturated rings. The fourth-order valence-corrected chi connectivity index (χ4v) is 2.16. The molecule has 100 valence electrons. The zero-order chi connectivity index (χ0) is 14.1. The first-order valence-corrected chi connectivity index (χ1v) is 6.69. The lowest BCUT2D eigenvalue weighted by Gasteiger charge is -2.01. The number of halogens is 2. The maximum Gasteiger partial charge on any atom is 0.162 e. The smallest absolute Gasteiger partial charge is 0.162 e. The average Bonchev–Trinajstić information content (AvgIpc) is 2.82. The summed E-state index contributed by atoms with van der Waals surface area (Å²) >= 11 is 11.7. The number of hydrogen-bond donors (Lipinski definition) is 1. The van der Waals surface area contributed by atoms with Gasteiger partial charge in [0.1, 0.15) is 5.69 Å². The number of hydrogen-bond acceptors (Lipinski definition) is 2. The molecule has 5 heteroatoms. The van der Waals surface area contributed by atoms with Crippen LogP contribution in [0.25, 0.3) is 16.9 Å². The van der Waals surface area contributed by atoms with Gasteiger partial charge in [-0.3, -0.25) is 0 Å². The van der Waals surface area contributed by atoms with Crippen LogP contribution in [0.5, 0.6) is 5.75 Å². The van der Waals surface area contributed by atoms with Crippen molar-refractivity contribution in [1.29, 1.82) is 0 Å². The molecule has 1 aromatic heterocycles. The molecule has 3 rings (SSSR count). The Morgan fingerprint density at radius 2 is 1.40 bits per heavy atom. The SMILES string of the molecule is Oc1cn(-c2ccc(Cl)cc2)nc1-c1ccc(Cl)cc1. The summed E-state index contributed by atoms with van der Waals surface area (Å²) in [5.41, 5.74) is 2.14. The van der Waals surface area contributed by atoms with Crippen molar-refractivity contribution in [1.82, 2.24) is 9.78 Å². The molecule has 2 aromatic carbocycles. The topological polar surface area (TPSA) is 38.0 Å². The maximum absolute atomic E-state index is 10.0. The first kappa shape index (κ1) is 13.0. The normalized spacial score (nSPS) is 10.7. The van der Waals surface area contributed by atoms with Gasteiger partial charge in [0, 0.05) is 15.6 Å². The molecule has 3 aromatic rings. The largest absolute Gasteiger partial charge is 0.504 e. The molecule has 1 heterocycles. The van der Waals surface area contributed by atoms with Crippen LogP contribution in [-0.2, 0) is 0 Å². The van der Waals surface area contributed by atoms with E-state index in [9.17, 15) is 5.11 Å². The van der Waals surface area contributed by atoms with E-state index in [-0.39, 0.29) is 5.75 Å². The minimum Gasteiger partial charge on any atom is -0.504 e. The van der Waals surface area contributed by atoms with Gasteiger partial charge in [-0.25, -0.2) is 4.68 Å². The minimum absolute atomic E-state index is 0.113. The van der Waals surface area contributed by atoms with Gasteiger partial charge in [0.25, 0.3) is 0 Å². The van der Waals surface area contributed by atoms with Gasteiger partial charge in [0.05, 0.1) is 11.9 Å². The van der Waals surface area contributed by atoms with E-state index in [1.54, 1.807) is 35.1 Å². The number of benzene rings is 2. The van der Waals surface area contributed by atoms with E-state index in [1.807, 2.05) is 24.3 Å². The number of rotatable bonds is 2. The van der Waals surface area contributed by atoms with Gasteiger partial charge in [-0.15, -0.1) is 0 Å². The Kier molecular flexibility index (Phi) is 3.38. The molecule has 0 saturated carbocycles. The Bertz CT molecular complexity index is 734. The van der Waals surface area contributed by atoms with Gasteiger partial charge in [-0.05, 0) is 36.4 Å². The van der Waals surface area contributed by atoms with Crippen molar-refractivity contribution in [2.75, 3.05) is 0 Å². The van der Waals surface area contributed by atoms with Crippen molar-refractivity contribution in [3.63, 3.8) is 0 Å². The van der Waals surface area contributed by atoms with Crippen LogP contribution in [0, 0.1) is 0 Å². The molecule has 20 heavy (non-hydrogen) atoms. The molecule has 0 saturated heterocycles. The van der Waals surface area contributed by atoms with Crippen LogP contribution in [-0.4, -0.2) is 14.9 Å². The Morgan fingerprint density at radius 1 is 0.850 bits per heavy atom.